The maximum Gasteiger partial charge on any atom is 0.177 e. The van der Waals surface area contributed by atoms with Crippen molar-refractivity contribution in [3.8, 4) is 22.8 Å². The lowest BCUT2D eigenvalue weighted by Gasteiger charge is -2.29. The summed E-state index contributed by atoms with van der Waals surface area (Å²) >= 11 is 6.08. The van der Waals surface area contributed by atoms with Crippen LogP contribution in [0.5, 0.6) is 11.5 Å². The number of aromatic nitrogens is 2. The number of methoxy groups -OCH3 is 2. The molecule has 0 bridgehead atoms. The lowest BCUT2D eigenvalue weighted by atomic mass is 10.1. The van der Waals surface area contributed by atoms with E-state index in [1.54, 1.807) is 18.3 Å². The van der Waals surface area contributed by atoms with Gasteiger partial charge in [-0.25, -0.2) is 18.7 Å². The molecule has 4 rings (SSSR count). The molecule has 1 saturated heterocycles. The van der Waals surface area contributed by atoms with E-state index in [-0.39, 0.29) is 22.8 Å². The third kappa shape index (κ3) is 3.54. The van der Waals surface area contributed by atoms with Crippen molar-refractivity contribution in [2.24, 2.45) is 0 Å². The van der Waals surface area contributed by atoms with Crippen molar-refractivity contribution in [1.29, 1.82) is 0 Å². The van der Waals surface area contributed by atoms with E-state index in [1.165, 1.54) is 20.3 Å². The van der Waals surface area contributed by atoms with Crippen molar-refractivity contribution in [2.75, 3.05) is 45.4 Å². The highest BCUT2D eigenvalue weighted by Crippen LogP contribution is 2.39. The fourth-order valence-electron chi connectivity index (χ4n) is 3.36. The molecule has 9 heteroatoms. The van der Waals surface area contributed by atoms with Crippen LogP contribution in [0, 0.1) is 11.6 Å². The fourth-order valence-corrected chi connectivity index (χ4v) is 3.52. The van der Waals surface area contributed by atoms with Gasteiger partial charge in [-0.2, -0.15) is 0 Å². The van der Waals surface area contributed by atoms with Gasteiger partial charge in [-0.3, -0.25) is 0 Å². The summed E-state index contributed by atoms with van der Waals surface area (Å²) < 4.78 is 45.6. The summed E-state index contributed by atoms with van der Waals surface area (Å²) in [4.78, 5) is 10.7. The van der Waals surface area contributed by atoms with E-state index in [9.17, 15) is 0 Å². The number of morpholine rings is 1. The van der Waals surface area contributed by atoms with Gasteiger partial charge in [-0.05, 0) is 12.1 Å². The van der Waals surface area contributed by atoms with Crippen molar-refractivity contribution < 1.29 is 23.0 Å². The van der Waals surface area contributed by atoms with Crippen molar-refractivity contribution in [2.45, 2.75) is 0 Å². The molecule has 152 valence electrons. The minimum atomic E-state index is -0.854. The molecule has 0 saturated carbocycles. The topological polar surface area (TPSA) is 56.7 Å². The number of hydrogen-bond acceptors (Lipinski definition) is 6. The first kappa shape index (κ1) is 19.6. The Morgan fingerprint density at radius 3 is 2.31 bits per heavy atom. The van der Waals surface area contributed by atoms with Gasteiger partial charge in [-0.15, -0.1) is 0 Å². The third-order valence-corrected chi connectivity index (χ3v) is 5.01. The van der Waals surface area contributed by atoms with Crippen molar-refractivity contribution in [1.82, 2.24) is 9.97 Å². The smallest absolute Gasteiger partial charge is 0.177 e. The van der Waals surface area contributed by atoms with Crippen molar-refractivity contribution in [3.63, 3.8) is 0 Å². The van der Waals surface area contributed by atoms with E-state index in [0.717, 1.165) is 5.39 Å². The van der Waals surface area contributed by atoms with Crippen LogP contribution in [0.4, 0.5) is 14.6 Å². The Balaban J connectivity index is 1.99. The summed E-state index contributed by atoms with van der Waals surface area (Å²) in [5.41, 5.74) is -0.220. The highest BCUT2D eigenvalue weighted by molar-refractivity contribution is 6.30. The van der Waals surface area contributed by atoms with Crippen LogP contribution >= 0.6 is 11.6 Å². The minimum absolute atomic E-state index is 0.107. The molecule has 6 nitrogen and oxygen atoms in total. The molecule has 3 heterocycles. The van der Waals surface area contributed by atoms with Crippen LogP contribution in [0.3, 0.4) is 0 Å². The van der Waals surface area contributed by atoms with E-state index in [0.29, 0.717) is 42.7 Å². The number of ether oxygens (including phenoxy) is 3. The summed E-state index contributed by atoms with van der Waals surface area (Å²) in [7, 11) is 2.61. The van der Waals surface area contributed by atoms with Gasteiger partial charge in [-0.1, -0.05) is 11.6 Å². The molecule has 0 atom stereocenters. The summed E-state index contributed by atoms with van der Waals surface area (Å²) in [5.74, 6) is -1.42. The molecule has 0 amide bonds. The lowest BCUT2D eigenvalue weighted by Crippen LogP contribution is -2.37. The molecule has 0 radical (unpaired) electrons. The zero-order valence-corrected chi connectivity index (χ0v) is 16.6. The van der Waals surface area contributed by atoms with Crippen LogP contribution in [0.2, 0.25) is 5.15 Å². The van der Waals surface area contributed by atoms with Gasteiger partial charge in [0.1, 0.15) is 11.0 Å². The number of hydrogen-bond donors (Lipinski definition) is 0. The number of pyridine rings is 2. The van der Waals surface area contributed by atoms with Crippen molar-refractivity contribution in [3.05, 3.63) is 41.2 Å². The highest BCUT2D eigenvalue weighted by Gasteiger charge is 2.25. The lowest BCUT2D eigenvalue weighted by molar-refractivity contribution is 0.122. The Morgan fingerprint density at radius 2 is 1.69 bits per heavy atom. The number of rotatable bonds is 4. The van der Waals surface area contributed by atoms with Gasteiger partial charge in [0.2, 0.25) is 0 Å². The maximum absolute atomic E-state index is 15.0. The second-order valence-corrected chi connectivity index (χ2v) is 6.83. The molecule has 2 aromatic heterocycles. The summed E-state index contributed by atoms with van der Waals surface area (Å²) in [6, 6.07) is 4.43. The van der Waals surface area contributed by atoms with Crippen molar-refractivity contribution >= 4 is 28.2 Å². The van der Waals surface area contributed by atoms with Gasteiger partial charge in [0, 0.05) is 36.1 Å². The number of anilines is 1. The quantitative estimate of drug-likeness (QED) is 0.592. The fraction of sp³-hybridized carbons (Fsp3) is 0.300. The Labute approximate surface area is 171 Å². The molecule has 1 fully saturated rings. The van der Waals surface area contributed by atoms with E-state index < -0.39 is 11.6 Å². The van der Waals surface area contributed by atoms with E-state index >= 15 is 8.78 Å². The zero-order chi connectivity index (χ0) is 20.5. The van der Waals surface area contributed by atoms with Crippen LogP contribution in [-0.2, 0) is 4.74 Å². The number of benzene rings is 1. The SMILES string of the molecule is COc1cc(OC)c(F)c(-c2cc3cnc(Cl)cc3c(N3CCOCC3)n2)c1F. The van der Waals surface area contributed by atoms with Gasteiger partial charge in [0.15, 0.2) is 23.1 Å². The summed E-state index contributed by atoms with van der Waals surface area (Å²) in [6.45, 7) is 2.25. The Morgan fingerprint density at radius 1 is 1.03 bits per heavy atom. The number of fused-ring (bicyclic) bond motifs is 1. The van der Waals surface area contributed by atoms with Crippen LogP contribution in [-0.4, -0.2) is 50.5 Å². The predicted molar refractivity (Wildman–Crippen MR) is 106 cm³/mol. The number of nitrogens with zero attached hydrogens (tertiary/aromatic N) is 3. The van der Waals surface area contributed by atoms with Crippen LogP contribution in [0.25, 0.3) is 22.0 Å². The second kappa shape index (κ2) is 7.96. The molecular weight excluding hydrogens is 404 g/mol. The zero-order valence-electron chi connectivity index (χ0n) is 15.8. The Kier molecular flexibility index (Phi) is 5.38. The number of halogens is 3. The average Bonchev–Trinajstić information content (AvgIpc) is 2.74. The first-order chi connectivity index (χ1) is 14.0. The van der Waals surface area contributed by atoms with Gasteiger partial charge >= 0.3 is 0 Å². The Bertz CT molecular complexity index is 1050. The third-order valence-electron chi connectivity index (χ3n) is 4.80. The van der Waals surface area contributed by atoms with Crippen LogP contribution in [0.15, 0.2) is 24.4 Å². The monoisotopic (exact) mass is 421 g/mol. The molecule has 1 aliphatic rings. The second-order valence-electron chi connectivity index (χ2n) is 6.44. The van der Waals surface area contributed by atoms with Crippen LogP contribution < -0.4 is 14.4 Å². The molecule has 1 aliphatic heterocycles. The molecule has 0 N–H and O–H groups in total. The van der Waals surface area contributed by atoms with E-state index in [4.69, 9.17) is 25.8 Å². The first-order valence-corrected chi connectivity index (χ1v) is 9.30. The molecular formula is C20H18ClF2N3O3. The largest absolute Gasteiger partial charge is 0.494 e. The molecule has 0 spiro atoms. The van der Waals surface area contributed by atoms with E-state index in [1.807, 2.05) is 4.90 Å². The first-order valence-electron chi connectivity index (χ1n) is 8.92. The normalized spacial score (nSPS) is 14.3. The molecule has 29 heavy (non-hydrogen) atoms. The predicted octanol–water partition coefficient (Wildman–Crippen LogP) is 4.08. The standard InChI is InChI=1S/C20H18ClF2N3O3/c1-27-14-9-15(28-2)19(23)17(18(14)22)13-7-11-10-24-16(21)8-12(11)20(25-13)26-3-5-29-6-4-26/h7-10H,3-6H2,1-2H3. The minimum Gasteiger partial charge on any atom is -0.494 e. The van der Waals surface area contributed by atoms with Crippen LogP contribution in [0.1, 0.15) is 0 Å². The maximum atomic E-state index is 15.0. The summed E-state index contributed by atoms with van der Waals surface area (Å²) in [5, 5.41) is 1.70. The summed E-state index contributed by atoms with van der Waals surface area (Å²) in [6.07, 6.45) is 1.56. The molecule has 3 aromatic rings. The van der Waals surface area contributed by atoms with Gasteiger partial charge in [0.05, 0.1) is 38.7 Å². The van der Waals surface area contributed by atoms with Gasteiger partial charge < -0.3 is 19.1 Å². The average molecular weight is 422 g/mol. The highest BCUT2D eigenvalue weighted by atomic mass is 35.5. The molecule has 0 aliphatic carbocycles. The van der Waals surface area contributed by atoms with E-state index in [2.05, 4.69) is 9.97 Å². The van der Waals surface area contributed by atoms with Gasteiger partial charge in [0.25, 0.3) is 0 Å². The molecule has 1 aromatic carbocycles. The Hall–Kier alpha value is -2.71. The molecule has 0 unspecified atom stereocenters.